The molecule has 0 N–H and O–H groups in total. The monoisotopic (exact) mass is 316 g/mol. The van der Waals surface area contributed by atoms with Crippen LogP contribution in [0.1, 0.15) is 38.2 Å². The van der Waals surface area contributed by atoms with Gasteiger partial charge in [0.05, 0.1) is 13.0 Å². The third kappa shape index (κ3) is 3.69. The molecule has 1 aromatic carbocycles. The summed E-state index contributed by atoms with van der Waals surface area (Å²) in [6.07, 6.45) is 5.29. The first-order valence-corrected chi connectivity index (χ1v) is 8.90. The van der Waals surface area contributed by atoms with Crippen molar-refractivity contribution in [2.75, 3.05) is 26.7 Å². The molecule has 126 valence electrons. The predicted octanol–water partition coefficient (Wildman–Crippen LogP) is 2.71. The van der Waals surface area contributed by atoms with Gasteiger partial charge in [0.25, 0.3) is 0 Å². The van der Waals surface area contributed by atoms with Crippen LogP contribution in [0.5, 0.6) is 5.75 Å². The molecule has 0 bridgehead atoms. The van der Waals surface area contributed by atoms with E-state index in [9.17, 15) is 4.79 Å². The number of carbonyl (C=O) groups excluding carboxylic acids is 1. The second-order valence-corrected chi connectivity index (χ2v) is 6.74. The SMILES string of the molecule is CCOc1ccc(CC(=O)N2CCC[C@H]2[C@@H]2CCCN2C)cc1. The van der Waals surface area contributed by atoms with Crippen LogP contribution in [0.25, 0.3) is 0 Å². The first-order valence-electron chi connectivity index (χ1n) is 8.90. The second-order valence-electron chi connectivity index (χ2n) is 6.74. The minimum atomic E-state index is 0.275. The molecule has 3 rings (SSSR count). The lowest BCUT2D eigenvalue weighted by Crippen LogP contribution is -2.47. The number of likely N-dealkylation sites (N-methyl/N-ethyl adjacent to an activating group) is 1. The fraction of sp³-hybridized carbons (Fsp3) is 0.632. The van der Waals surface area contributed by atoms with Gasteiger partial charge < -0.3 is 14.5 Å². The number of nitrogens with zero attached hydrogens (tertiary/aromatic N) is 2. The van der Waals surface area contributed by atoms with Crippen LogP contribution in [0.15, 0.2) is 24.3 Å². The zero-order valence-electron chi connectivity index (χ0n) is 14.3. The summed E-state index contributed by atoms with van der Waals surface area (Å²) in [6.45, 7) is 4.74. The van der Waals surface area contributed by atoms with E-state index in [1.165, 1.54) is 19.4 Å². The Bertz CT molecular complexity index is 529. The minimum Gasteiger partial charge on any atom is -0.494 e. The van der Waals surface area contributed by atoms with Gasteiger partial charge in [0.2, 0.25) is 5.91 Å². The van der Waals surface area contributed by atoms with Crippen molar-refractivity contribution in [3.8, 4) is 5.75 Å². The Balaban J connectivity index is 1.62. The summed E-state index contributed by atoms with van der Waals surface area (Å²) in [6, 6.07) is 8.90. The summed E-state index contributed by atoms with van der Waals surface area (Å²) in [4.78, 5) is 17.4. The third-order valence-electron chi connectivity index (χ3n) is 5.23. The van der Waals surface area contributed by atoms with Gasteiger partial charge in [-0.25, -0.2) is 0 Å². The molecule has 0 radical (unpaired) electrons. The van der Waals surface area contributed by atoms with Gasteiger partial charge in [-0.2, -0.15) is 0 Å². The standard InChI is InChI=1S/C19H28N2O2/c1-3-23-16-10-8-15(9-11-16)14-19(22)21-13-5-7-18(21)17-6-4-12-20(17)2/h8-11,17-18H,3-7,12-14H2,1-2H3/t17-,18-/m0/s1. The summed E-state index contributed by atoms with van der Waals surface area (Å²) in [5.74, 6) is 1.15. The molecular weight excluding hydrogens is 288 g/mol. The summed E-state index contributed by atoms with van der Waals surface area (Å²) >= 11 is 0. The largest absolute Gasteiger partial charge is 0.494 e. The van der Waals surface area contributed by atoms with Crippen LogP contribution < -0.4 is 4.74 Å². The minimum absolute atomic E-state index is 0.275. The van der Waals surface area contributed by atoms with Gasteiger partial charge >= 0.3 is 0 Å². The molecule has 2 atom stereocenters. The Morgan fingerprint density at radius 1 is 1.13 bits per heavy atom. The highest BCUT2D eigenvalue weighted by molar-refractivity contribution is 5.79. The fourth-order valence-corrected chi connectivity index (χ4v) is 4.07. The average molecular weight is 316 g/mol. The van der Waals surface area contributed by atoms with Gasteiger partial charge in [-0.05, 0) is 63.9 Å². The molecule has 0 aromatic heterocycles. The van der Waals surface area contributed by atoms with Gasteiger partial charge in [0.15, 0.2) is 0 Å². The molecule has 4 heteroatoms. The van der Waals surface area contributed by atoms with E-state index >= 15 is 0 Å². The first-order chi connectivity index (χ1) is 11.2. The molecule has 0 saturated carbocycles. The first kappa shape index (κ1) is 16.3. The van der Waals surface area contributed by atoms with Crippen LogP contribution in [0, 0.1) is 0 Å². The van der Waals surface area contributed by atoms with E-state index < -0.39 is 0 Å². The topological polar surface area (TPSA) is 32.8 Å². The number of amides is 1. The van der Waals surface area contributed by atoms with Crippen LogP contribution in [0.4, 0.5) is 0 Å². The van der Waals surface area contributed by atoms with Crippen molar-refractivity contribution in [2.24, 2.45) is 0 Å². The number of hydrogen-bond donors (Lipinski definition) is 0. The quantitative estimate of drug-likeness (QED) is 0.837. The average Bonchev–Trinajstić information content (AvgIpc) is 3.17. The van der Waals surface area contributed by atoms with E-state index in [2.05, 4.69) is 16.8 Å². The van der Waals surface area contributed by atoms with E-state index in [1.54, 1.807) is 0 Å². The Morgan fingerprint density at radius 2 is 1.83 bits per heavy atom. The van der Waals surface area contributed by atoms with Crippen molar-refractivity contribution in [3.63, 3.8) is 0 Å². The number of carbonyl (C=O) groups is 1. The van der Waals surface area contributed by atoms with Crippen molar-refractivity contribution in [1.82, 2.24) is 9.80 Å². The Labute approximate surface area is 139 Å². The molecule has 23 heavy (non-hydrogen) atoms. The van der Waals surface area contributed by atoms with E-state index in [1.807, 2.05) is 31.2 Å². The molecule has 2 fully saturated rings. The van der Waals surface area contributed by atoms with Gasteiger partial charge in [0, 0.05) is 18.6 Å². The van der Waals surface area contributed by atoms with Crippen molar-refractivity contribution < 1.29 is 9.53 Å². The van der Waals surface area contributed by atoms with Crippen LogP contribution >= 0.6 is 0 Å². The number of benzene rings is 1. The van der Waals surface area contributed by atoms with Gasteiger partial charge in [0.1, 0.15) is 5.75 Å². The van der Waals surface area contributed by atoms with Crippen molar-refractivity contribution in [3.05, 3.63) is 29.8 Å². The van der Waals surface area contributed by atoms with Crippen LogP contribution in [-0.2, 0) is 11.2 Å². The lowest BCUT2D eigenvalue weighted by Gasteiger charge is -2.33. The van der Waals surface area contributed by atoms with Gasteiger partial charge in [-0.3, -0.25) is 4.79 Å². The predicted molar refractivity (Wildman–Crippen MR) is 91.7 cm³/mol. The maximum Gasteiger partial charge on any atom is 0.227 e. The molecule has 4 nitrogen and oxygen atoms in total. The van der Waals surface area contributed by atoms with Crippen LogP contribution in [0.3, 0.4) is 0 Å². The van der Waals surface area contributed by atoms with Gasteiger partial charge in [-0.15, -0.1) is 0 Å². The summed E-state index contributed by atoms with van der Waals surface area (Å²) < 4.78 is 5.46. The number of rotatable bonds is 5. The van der Waals surface area contributed by atoms with Crippen molar-refractivity contribution >= 4 is 5.91 Å². The van der Waals surface area contributed by atoms with E-state index in [0.29, 0.717) is 25.1 Å². The van der Waals surface area contributed by atoms with Gasteiger partial charge in [-0.1, -0.05) is 12.1 Å². The van der Waals surface area contributed by atoms with Crippen molar-refractivity contribution in [1.29, 1.82) is 0 Å². The molecule has 2 heterocycles. The summed E-state index contributed by atoms with van der Waals surface area (Å²) in [5.41, 5.74) is 1.07. The molecule has 0 aliphatic carbocycles. The maximum absolute atomic E-state index is 12.8. The summed E-state index contributed by atoms with van der Waals surface area (Å²) in [5, 5.41) is 0. The molecule has 0 unspecified atom stereocenters. The highest BCUT2D eigenvalue weighted by atomic mass is 16.5. The molecule has 2 aliphatic heterocycles. The zero-order chi connectivity index (χ0) is 16.2. The Morgan fingerprint density at radius 3 is 2.48 bits per heavy atom. The number of likely N-dealkylation sites (tertiary alicyclic amines) is 2. The number of ether oxygens (including phenoxy) is 1. The highest BCUT2D eigenvalue weighted by Gasteiger charge is 2.38. The summed E-state index contributed by atoms with van der Waals surface area (Å²) in [7, 11) is 2.20. The second kappa shape index (κ2) is 7.35. The normalized spacial score (nSPS) is 25.0. The Hall–Kier alpha value is -1.55. The van der Waals surface area contributed by atoms with E-state index in [0.717, 1.165) is 30.7 Å². The highest BCUT2D eigenvalue weighted by Crippen LogP contribution is 2.29. The molecular formula is C19H28N2O2. The molecule has 0 spiro atoms. The lowest BCUT2D eigenvalue weighted by molar-refractivity contribution is -0.132. The molecule has 1 aromatic rings. The zero-order valence-corrected chi connectivity index (χ0v) is 14.3. The number of hydrogen-bond acceptors (Lipinski definition) is 3. The van der Waals surface area contributed by atoms with E-state index in [-0.39, 0.29) is 5.91 Å². The third-order valence-corrected chi connectivity index (χ3v) is 5.23. The maximum atomic E-state index is 12.8. The fourth-order valence-electron chi connectivity index (χ4n) is 4.07. The molecule has 2 aliphatic rings. The smallest absolute Gasteiger partial charge is 0.227 e. The van der Waals surface area contributed by atoms with Crippen LogP contribution in [-0.4, -0.2) is 54.5 Å². The lowest BCUT2D eigenvalue weighted by atomic mass is 10.0. The molecule has 1 amide bonds. The van der Waals surface area contributed by atoms with Crippen molar-refractivity contribution in [2.45, 2.75) is 51.1 Å². The Kier molecular flexibility index (Phi) is 5.21. The van der Waals surface area contributed by atoms with E-state index in [4.69, 9.17) is 4.74 Å². The molecule has 2 saturated heterocycles. The van der Waals surface area contributed by atoms with Crippen LogP contribution in [0.2, 0.25) is 0 Å².